The molecule has 0 heterocycles. The van der Waals surface area contributed by atoms with Gasteiger partial charge in [-0.05, 0) is 0 Å². The summed E-state index contributed by atoms with van der Waals surface area (Å²) >= 11 is 0. The van der Waals surface area contributed by atoms with Gasteiger partial charge in [0.05, 0.1) is 21.1 Å². The van der Waals surface area contributed by atoms with Crippen LogP contribution in [0.15, 0.2) is 0 Å². The van der Waals surface area contributed by atoms with E-state index in [9.17, 15) is 0 Å². The number of quaternary nitrogens is 1. The Morgan fingerprint density at radius 1 is 1.33 bits per heavy atom. The molecule has 0 radical (unpaired) electrons. The van der Waals surface area contributed by atoms with E-state index in [0.29, 0.717) is 17.8 Å². The van der Waals surface area contributed by atoms with E-state index in [1.807, 2.05) is 21.1 Å². The van der Waals surface area contributed by atoms with Crippen LogP contribution < -0.4 is 5.73 Å². The van der Waals surface area contributed by atoms with E-state index in [4.69, 9.17) is 10.6 Å². The zero-order valence-electron chi connectivity index (χ0n) is 6.35. The SMILES string of the molecule is C[N+](C)(C)OCCN.O. The van der Waals surface area contributed by atoms with Gasteiger partial charge in [-0.25, -0.2) is 4.84 Å². The fourth-order valence-corrected chi connectivity index (χ4v) is 0.327. The first-order chi connectivity index (χ1) is 3.56. The molecule has 0 amide bonds. The van der Waals surface area contributed by atoms with E-state index in [2.05, 4.69) is 0 Å². The van der Waals surface area contributed by atoms with Crippen LogP contribution in [0.2, 0.25) is 0 Å². The standard InChI is InChI=1S/C5H15N2O.H2O/c1-7(2,3)8-5-4-6;/h4-6H2,1-3H3;1H2/q+1;. The summed E-state index contributed by atoms with van der Waals surface area (Å²) < 4.78 is 0.525. The first-order valence-electron chi connectivity index (χ1n) is 2.72. The van der Waals surface area contributed by atoms with E-state index in [1.54, 1.807) is 0 Å². The molecule has 9 heavy (non-hydrogen) atoms. The molecule has 0 fully saturated rings. The van der Waals surface area contributed by atoms with E-state index in [1.165, 1.54) is 0 Å². The summed E-state index contributed by atoms with van der Waals surface area (Å²) in [5.74, 6) is 0. The van der Waals surface area contributed by atoms with Crippen molar-refractivity contribution in [1.29, 1.82) is 0 Å². The smallest absolute Gasteiger partial charge is 0.118 e. The highest BCUT2D eigenvalue weighted by molar-refractivity contribution is 4.21. The largest absolute Gasteiger partial charge is 0.412 e. The Bertz CT molecular complexity index is 60.5. The summed E-state index contributed by atoms with van der Waals surface area (Å²) in [4.78, 5) is 5.19. The van der Waals surface area contributed by atoms with Gasteiger partial charge in [0, 0.05) is 6.54 Å². The normalized spacial score (nSPS) is 10.7. The molecule has 0 saturated carbocycles. The first-order valence-corrected chi connectivity index (χ1v) is 2.72. The molecule has 0 aliphatic rings. The predicted molar refractivity (Wildman–Crippen MR) is 36.7 cm³/mol. The van der Waals surface area contributed by atoms with Crippen LogP contribution in [-0.4, -0.2) is 44.4 Å². The van der Waals surface area contributed by atoms with Crippen LogP contribution in [0, 0.1) is 0 Å². The average Bonchev–Trinajstić information content (AvgIpc) is 1.59. The molecule has 0 aliphatic heterocycles. The van der Waals surface area contributed by atoms with Gasteiger partial charge in [0.2, 0.25) is 0 Å². The zero-order valence-corrected chi connectivity index (χ0v) is 6.35. The van der Waals surface area contributed by atoms with Gasteiger partial charge in [-0.1, -0.05) is 0 Å². The van der Waals surface area contributed by atoms with Crippen LogP contribution in [0.25, 0.3) is 0 Å². The van der Waals surface area contributed by atoms with Crippen LogP contribution >= 0.6 is 0 Å². The Morgan fingerprint density at radius 3 is 1.89 bits per heavy atom. The fraction of sp³-hybridized carbons (Fsp3) is 1.00. The summed E-state index contributed by atoms with van der Waals surface area (Å²) in [5.41, 5.74) is 5.20. The molecule has 4 N–H and O–H groups in total. The molecule has 0 rings (SSSR count). The highest BCUT2D eigenvalue weighted by Crippen LogP contribution is 1.88. The van der Waals surface area contributed by atoms with Crippen LogP contribution in [0.4, 0.5) is 0 Å². The number of nitrogens with two attached hydrogens (primary N) is 1. The molecule has 0 aliphatic carbocycles. The Balaban J connectivity index is 0. The predicted octanol–water partition coefficient (Wildman–Crippen LogP) is -1.24. The quantitative estimate of drug-likeness (QED) is 0.390. The van der Waals surface area contributed by atoms with Crippen molar-refractivity contribution in [1.82, 2.24) is 0 Å². The molecular formula is C5H17N2O2+. The van der Waals surface area contributed by atoms with Crippen molar-refractivity contribution < 1.29 is 15.0 Å². The molecule has 0 spiro atoms. The third kappa shape index (κ3) is 11.4. The molecule has 0 aromatic rings. The average molecular weight is 137 g/mol. The van der Waals surface area contributed by atoms with Crippen LogP contribution in [0.5, 0.6) is 0 Å². The fourth-order valence-electron chi connectivity index (χ4n) is 0.327. The molecule has 0 atom stereocenters. The third-order valence-electron chi connectivity index (χ3n) is 0.596. The van der Waals surface area contributed by atoms with Crippen molar-refractivity contribution in [2.75, 3.05) is 34.3 Å². The lowest BCUT2D eigenvalue weighted by Crippen LogP contribution is -2.36. The van der Waals surface area contributed by atoms with Gasteiger partial charge in [-0.3, -0.25) is 0 Å². The second-order valence-corrected chi connectivity index (χ2v) is 2.51. The molecular weight excluding hydrogens is 120 g/mol. The highest BCUT2D eigenvalue weighted by Gasteiger charge is 2.04. The van der Waals surface area contributed by atoms with Gasteiger partial charge >= 0.3 is 0 Å². The van der Waals surface area contributed by atoms with Crippen molar-refractivity contribution in [2.24, 2.45) is 5.73 Å². The topological polar surface area (TPSA) is 66.8 Å². The van der Waals surface area contributed by atoms with Crippen LogP contribution in [-0.2, 0) is 4.84 Å². The molecule has 0 saturated heterocycles. The first kappa shape index (κ1) is 11.6. The molecule has 4 nitrogen and oxygen atoms in total. The van der Waals surface area contributed by atoms with Gasteiger partial charge in [-0.15, -0.1) is 0 Å². The van der Waals surface area contributed by atoms with Crippen LogP contribution in [0.3, 0.4) is 0 Å². The third-order valence-corrected chi connectivity index (χ3v) is 0.596. The number of hydrogen-bond acceptors (Lipinski definition) is 2. The Kier molecular flexibility index (Phi) is 6.06. The lowest BCUT2D eigenvalue weighted by molar-refractivity contribution is -1.06. The summed E-state index contributed by atoms with van der Waals surface area (Å²) in [6.45, 7) is 1.22. The van der Waals surface area contributed by atoms with E-state index >= 15 is 0 Å². The number of hydrogen-bond donors (Lipinski definition) is 1. The maximum absolute atomic E-state index is 5.20. The lowest BCUT2D eigenvalue weighted by atomic mass is 10.7. The molecule has 0 bridgehead atoms. The van der Waals surface area contributed by atoms with E-state index in [0.717, 1.165) is 0 Å². The van der Waals surface area contributed by atoms with Crippen LogP contribution in [0.1, 0.15) is 0 Å². The number of nitrogens with zero attached hydrogens (tertiary/aromatic N) is 1. The lowest BCUT2D eigenvalue weighted by Gasteiger charge is -2.20. The van der Waals surface area contributed by atoms with Crippen molar-refractivity contribution >= 4 is 0 Å². The maximum Gasteiger partial charge on any atom is 0.118 e. The summed E-state index contributed by atoms with van der Waals surface area (Å²) in [6, 6.07) is 0. The molecule has 0 unspecified atom stereocenters. The molecule has 0 aromatic carbocycles. The van der Waals surface area contributed by atoms with Crippen molar-refractivity contribution in [3.05, 3.63) is 0 Å². The Hall–Kier alpha value is -0.160. The van der Waals surface area contributed by atoms with Gasteiger partial charge in [0.1, 0.15) is 6.61 Å². The van der Waals surface area contributed by atoms with E-state index in [-0.39, 0.29) is 5.48 Å². The van der Waals surface area contributed by atoms with Crippen molar-refractivity contribution in [2.45, 2.75) is 0 Å². The van der Waals surface area contributed by atoms with E-state index < -0.39 is 0 Å². The Morgan fingerprint density at radius 2 is 1.78 bits per heavy atom. The Labute approximate surface area is 56.1 Å². The maximum atomic E-state index is 5.20. The number of rotatable bonds is 3. The van der Waals surface area contributed by atoms with Crippen molar-refractivity contribution in [3.8, 4) is 0 Å². The minimum Gasteiger partial charge on any atom is -0.412 e. The minimum absolute atomic E-state index is 0. The zero-order chi connectivity index (χ0) is 6.62. The number of hydroxylamine groups is 3. The minimum atomic E-state index is 0. The van der Waals surface area contributed by atoms with Gasteiger partial charge in [-0.2, -0.15) is 4.65 Å². The monoisotopic (exact) mass is 137 g/mol. The molecule has 4 heteroatoms. The second kappa shape index (κ2) is 4.69. The highest BCUT2D eigenvalue weighted by atomic mass is 16.7. The molecule has 58 valence electrons. The van der Waals surface area contributed by atoms with Crippen molar-refractivity contribution in [3.63, 3.8) is 0 Å². The van der Waals surface area contributed by atoms with Gasteiger partial charge in [0.15, 0.2) is 0 Å². The summed E-state index contributed by atoms with van der Waals surface area (Å²) in [6.07, 6.45) is 0. The second-order valence-electron chi connectivity index (χ2n) is 2.51. The molecule has 0 aromatic heterocycles. The summed E-state index contributed by atoms with van der Waals surface area (Å²) in [7, 11) is 5.86. The van der Waals surface area contributed by atoms with Gasteiger partial charge < -0.3 is 11.2 Å². The van der Waals surface area contributed by atoms with Gasteiger partial charge in [0.25, 0.3) is 0 Å². The summed E-state index contributed by atoms with van der Waals surface area (Å²) in [5, 5.41) is 0.